The van der Waals surface area contributed by atoms with Crippen LogP contribution in [0.1, 0.15) is 37.0 Å². The average molecular weight is 362 g/mol. The van der Waals surface area contributed by atoms with Crippen LogP contribution in [0.3, 0.4) is 0 Å². The molecule has 134 valence electrons. The molecule has 1 aliphatic heterocycles. The third kappa shape index (κ3) is 3.88. The van der Waals surface area contributed by atoms with Gasteiger partial charge in [-0.15, -0.1) is 0 Å². The molecule has 1 fully saturated rings. The van der Waals surface area contributed by atoms with Crippen molar-refractivity contribution in [2.24, 2.45) is 0 Å². The van der Waals surface area contributed by atoms with E-state index >= 15 is 0 Å². The summed E-state index contributed by atoms with van der Waals surface area (Å²) < 4.78 is 12.2. The molecule has 1 aromatic carbocycles. The fourth-order valence-electron chi connectivity index (χ4n) is 2.90. The Labute approximate surface area is 150 Å². The van der Waals surface area contributed by atoms with Crippen molar-refractivity contribution >= 4 is 28.6 Å². The van der Waals surface area contributed by atoms with E-state index in [9.17, 15) is 9.59 Å². The Morgan fingerprint density at radius 3 is 2.92 bits per heavy atom. The third-order valence-corrected chi connectivity index (χ3v) is 5.09. The van der Waals surface area contributed by atoms with Gasteiger partial charge < -0.3 is 9.47 Å². The fourth-order valence-corrected chi connectivity index (χ4v) is 3.76. The maximum absolute atomic E-state index is 13.0. The number of hydrogen-bond acceptors (Lipinski definition) is 6. The summed E-state index contributed by atoms with van der Waals surface area (Å²) in [7, 11) is 1.33. The highest BCUT2D eigenvalue weighted by Gasteiger charge is 2.21. The maximum atomic E-state index is 13.0. The number of carbonyl (C=O) groups excluding carboxylic acids is 1. The van der Waals surface area contributed by atoms with Gasteiger partial charge in [0.1, 0.15) is 0 Å². The first-order valence-corrected chi connectivity index (χ1v) is 9.28. The molecule has 0 spiro atoms. The van der Waals surface area contributed by atoms with Crippen molar-refractivity contribution in [2.45, 2.75) is 49.7 Å². The summed E-state index contributed by atoms with van der Waals surface area (Å²) in [6.45, 7) is 5.37. The van der Waals surface area contributed by atoms with Crippen LogP contribution in [0, 0.1) is 0 Å². The molecular weight excluding hydrogens is 340 g/mol. The van der Waals surface area contributed by atoms with Gasteiger partial charge in [0, 0.05) is 11.9 Å². The van der Waals surface area contributed by atoms with Crippen LogP contribution in [0.15, 0.2) is 28.2 Å². The Kier molecular flexibility index (Phi) is 5.44. The SMILES string of the molecule is COC(=O)c1ccc2c(=O)n(C[C@@H]3CCCO3)c(SC(C)C)nc2c1. The Bertz CT molecular complexity index is 841. The summed E-state index contributed by atoms with van der Waals surface area (Å²) in [6.07, 6.45) is 2.03. The van der Waals surface area contributed by atoms with Crippen molar-refractivity contribution in [3.8, 4) is 0 Å². The molecule has 0 radical (unpaired) electrons. The number of ether oxygens (including phenoxy) is 2. The van der Waals surface area contributed by atoms with Gasteiger partial charge in [0.15, 0.2) is 5.16 Å². The molecule has 6 nitrogen and oxygen atoms in total. The van der Waals surface area contributed by atoms with Crippen LogP contribution in [0.4, 0.5) is 0 Å². The van der Waals surface area contributed by atoms with Gasteiger partial charge in [-0.3, -0.25) is 9.36 Å². The molecule has 0 bridgehead atoms. The van der Waals surface area contributed by atoms with Gasteiger partial charge in [0.05, 0.1) is 36.2 Å². The van der Waals surface area contributed by atoms with E-state index in [1.807, 2.05) is 0 Å². The molecule has 1 aromatic heterocycles. The molecule has 2 aromatic rings. The molecule has 1 atom stereocenters. The number of carbonyl (C=O) groups is 1. The van der Waals surface area contributed by atoms with E-state index < -0.39 is 5.97 Å². The molecular formula is C18H22N2O4S. The van der Waals surface area contributed by atoms with Crippen LogP contribution in [-0.4, -0.2) is 40.6 Å². The monoisotopic (exact) mass is 362 g/mol. The summed E-state index contributed by atoms with van der Waals surface area (Å²) in [5.74, 6) is -0.440. The average Bonchev–Trinajstić information content (AvgIpc) is 3.09. The molecule has 0 aliphatic carbocycles. The zero-order valence-electron chi connectivity index (χ0n) is 14.7. The smallest absolute Gasteiger partial charge is 0.337 e. The molecule has 3 rings (SSSR count). The van der Waals surface area contributed by atoms with Crippen LogP contribution in [0.2, 0.25) is 0 Å². The van der Waals surface area contributed by atoms with Gasteiger partial charge in [-0.25, -0.2) is 9.78 Å². The summed E-state index contributed by atoms with van der Waals surface area (Å²) in [6, 6.07) is 4.86. The van der Waals surface area contributed by atoms with Gasteiger partial charge in [-0.2, -0.15) is 0 Å². The van der Waals surface area contributed by atoms with Gasteiger partial charge in [-0.1, -0.05) is 25.6 Å². The van der Waals surface area contributed by atoms with Crippen LogP contribution in [0.5, 0.6) is 0 Å². The molecule has 0 unspecified atom stereocenters. The van der Waals surface area contributed by atoms with Crippen LogP contribution in [-0.2, 0) is 16.0 Å². The molecule has 0 saturated carbocycles. The van der Waals surface area contributed by atoms with Gasteiger partial charge in [0.25, 0.3) is 5.56 Å². The van der Waals surface area contributed by atoms with Crippen molar-refractivity contribution in [3.05, 3.63) is 34.1 Å². The normalized spacial score (nSPS) is 17.4. The van der Waals surface area contributed by atoms with Gasteiger partial charge in [0.2, 0.25) is 0 Å². The first kappa shape index (κ1) is 17.9. The quantitative estimate of drug-likeness (QED) is 0.463. The number of rotatable bonds is 5. The van der Waals surface area contributed by atoms with E-state index in [4.69, 9.17) is 9.47 Å². The second-order valence-corrected chi connectivity index (χ2v) is 7.88. The Balaban J connectivity index is 2.10. The molecule has 0 N–H and O–H groups in total. The van der Waals surface area contributed by atoms with Crippen LogP contribution >= 0.6 is 11.8 Å². The van der Waals surface area contributed by atoms with E-state index in [-0.39, 0.29) is 16.9 Å². The van der Waals surface area contributed by atoms with E-state index in [0.717, 1.165) is 19.4 Å². The Hall–Kier alpha value is -1.86. The zero-order chi connectivity index (χ0) is 18.0. The van der Waals surface area contributed by atoms with Crippen LogP contribution in [0.25, 0.3) is 10.9 Å². The largest absolute Gasteiger partial charge is 0.465 e. The maximum Gasteiger partial charge on any atom is 0.337 e. The predicted octanol–water partition coefficient (Wildman–Crippen LogP) is 2.86. The standard InChI is InChI=1S/C18H22N2O4S/c1-11(2)25-18-19-15-9-12(17(22)23-3)6-7-14(15)16(21)20(18)10-13-5-4-8-24-13/h6-7,9,11,13H,4-5,8,10H2,1-3H3/t13-/m0/s1. The minimum atomic E-state index is -0.440. The summed E-state index contributed by atoms with van der Waals surface area (Å²) in [4.78, 5) is 29.4. The number of thioether (sulfide) groups is 1. The molecule has 1 aliphatic rings. The van der Waals surface area contributed by atoms with Gasteiger partial charge in [-0.05, 0) is 31.0 Å². The first-order valence-electron chi connectivity index (χ1n) is 8.40. The lowest BCUT2D eigenvalue weighted by molar-refractivity contribution is 0.0601. The Morgan fingerprint density at radius 1 is 1.48 bits per heavy atom. The summed E-state index contributed by atoms with van der Waals surface area (Å²) >= 11 is 1.54. The second-order valence-electron chi connectivity index (χ2n) is 6.34. The molecule has 0 amide bonds. The number of methoxy groups -OCH3 is 1. The van der Waals surface area contributed by atoms with Crippen molar-refractivity contribution in [2.75, 3.05) is 13.7 Å². The van der Waals surface area contributed by atoms with E-state index in [1.165, 1.54) is 18.9 Å². The lowest BCUT2D eigenvalue weighted by Crippen LogP contribution is -2.29. The number of benzene rings is 1. The minimum Gasteiger partial charge on any atom is -0.465 e. The Morgan fingerprint density at radius 2 is 2.28 bits per heavy atom. The highest BCUT2D eigenvalue weighted by atomic mass is 32.2. The van der Waals surface area contributed by atoms with Gasteiger partial charge >= 0.3 is 5.97 Å². The zero-order valence-corrected chi connectivity index (χ0v) is 15.5. The molecule has 1 saturated heterocycles. The number of hydrogen-bond donors (Lipinski definition) is 0. The number of nitrogens with zero attached hydrogens (tertiary/aromatic N) is 2. The van der Waals surface area contributed by atoms with Crippen molar-refractivity contribution in [1.29, 1.82) is 0 Å². The van der Waals surface area contributed by atoms with E-state index in [2.05, 4.69) is 18.8 Å². The number of fused-ring (bicyclic) bond motifs is 1. The number of aromatic nitrogens is 2. The summed E-state index contributed by atoms with van der Waals surface area (Å²) in [5, 5.41) is 1.44. The molecule has 25 heavy (non-hydrogen) atoms. The van der Waals surface area contributed by atoms with Crippen molar-refractivity contribution in [3.63, 3.8) is 0 Å². The molecule has 7 heteroatoms. The van der Waals surface area contributed by atoms with E-state index in [1.54, 1.807) is 22.8 Å². The predicted molar refractivity (Wildman–Crippen MR) is 97.3 cm³/mol. The number of esters is 1. The minimum absolute atomic E-state index is 0.0535. The van der Waals surface area contributed by atoms with Crippen molar-refractivity contribution < 1.29 is 14.3 Å². The first-order chi connectivity index (χ1) is 12.0. The molecule has 2 heterocycles. The van der Waals surface area contributed by atoms with Crippen molar-refractivity contribution in [1.82, 2.24) is 9.55 Å². The fraction of sp³-hybridized carbons (Fsp3) is 0.500. The lowest BCUT2D eigenvalue weighted by atomic mass is 10.1. The highest BCUT2D eigenvalue weighted by Crippen LogP contribution is 2.24. The highest BCUT2D eigenvalue weighted by molar-refractivity contribution is 7.99. The second kappa shape index (κ2) is 7.58. The van der Waals surface area contributed by atoms with E-state index in [0.29, 0.717) is 28.2 Å². The summed E-state index contributed by atoms with van der Waals surface area (Å²) in [5.41, 5.74) is 0.805. The lowest BCUT2D eigenvalue weighted by Gasteiger charge is -2.17. The third-order valence-electron chi connectivity index (χ3n) is 4.09. The topological polar surface area (TPSA) is 70.4 Å². The van der Waals surface area contributed by atoms with Crippen LogP contribution < -0.4 is 5.56 Å².